The van der Waals surface area contributed by atoms with E-state index in [0.29, 0.717) is 5.75 Å². The lowest BCUT2D eigenvalue weighted by molar-refractivity contribution is -0.192. The number of carboxylic acids is 1. The van der Waals surface area contributed by atoms with Crippen LogP contribution in [-0.2, 0) is 17.9 Å². The number of aromatic hydroxyl groups is 1. The average Bonchev–Trinajstić information content (AvgIpc) is 3.16. The third kappa shape index (κ3) is 5.48. The number of halogens is 3. The maximum atomic E-state index is 10.6. The Morgan fingerprint density at radius 2 is 1.60 bits per heavy atom. The number of nitrogens with zero attached hydrogens (tertiary/aromatic N) is 2. The maximum absolute atomic E-state index is 10.6. The van der Waals surface area contributed by atoms with Crippen LogP contribution in [0.15, 0.2) is 67.0 Å². The van der Waals surface area contributed by atoms with Gasteiger partial charge in [0, 0.05) is 25.5 Å². The fourth-order valence-electron chi connectivity index (χ4n) is 2.82. The van der Waals surface area contributed by atoms with E-state index in [1.165, 1.54) is 11.1 Å². The van der Waals surface area contributed by atoms with Gasteiger partial charge in [-0.1, -0.05) is 18.2 Å². The topological polar surface area (TPSA) is 86.9 Å². The van der Waals surface area contributed by atoms with Gasteiger partial charge < -0.3 is 15.5 Å². The number of phenols is 1. The van der Waals surface area contributed by atoms with Crippen molar-refractivity contribution >= 4 is 22.3 Å². The van der Waals surface area contributed by atoms with E-state index in [4.69, 9.17) is 9.90 Å². The Morgan fingerprint density at radius 1 is 0.967 bits per heavy atom. The number of alkyl halides is 3. The highest BCUT2D eigenvalue weighted by Gasteiger charge is 2.38. The highest BCUT2D eigenvalue weighted by Crippen LogP contribution is 2.21. The van der Waals surface area contributed by atoms with Gasteiger partial charge in [-0.05, 0) is 58.3 Å². The van der Waals surface area contributed by atoms with E-state index in [2.05, 4.69) is 34.7 Å². The fourth-order valence-corrected chi connectivity index (χ4v) is 2.82. The van der Waals surface area contributed by atoms with E-state index < -0.39 is 12.1 Å². The zero-order valence-corrected chi connectivity index (χ0v) is 15.6. The van der Waals surface area contributed by atoms with Crippen LogP contribution in [-0.4, -0.2) is 32.0 Å². The summed E-state index contributed by atoms with van der Waals surface area (Å²) in [5.74, 6) is -2.45. The highest BCUT2D eigenvalue weighted by atomic mass is 19.4. The van der Waals surface area contributed by atoms with Gasteiger partial charge in [-0.3, -0.25) is 0 Å². The zero-order chi connectivity index (χ0) is 21.7. The van der Waals surface area contributed by atoms with Crippen molar-refractivity contribution < 1.29 is 28.2 Å². The number of carbonyl (C=O) groups is 1. The number of fused-ring (bicyclic) bond motifs is 2. The summed E-state index contributed by atoms with van der Waals surface area (Å²) in [5.41, 5.74) is 3.58. The van der Waals surface area contributed by atoms with E-state index in [0.717, 1.165) is 29.4 Å². The lowest BCUT2D eigenvalue weighted by Crippen LogP contribution is -2.21. The van der Waals surface area contributed by atoms with E-state index >= 15 is 0 Å². The number of aliphatic carboxylic acids is 1. The van der Waals surface area contributed by atoms with Gasteiger partial charge in [0.1, 0.15) is 5.75 Å². The summed E-state index contributed by atoms with van der Waals surface area (Å²) >= 11 is 0. The predicted octanol–water partition coefficient (Wildman–Crippen LogP) is 4.12. The van der Waals surface area contributed by atoms with E-state index in [-0.39, 0.29) is 0 Å². The average molecular weight is 417 g/mol. The maximum Gasteiger partial charge on any atom is 0.490 e. The fraction of sp³-hybridized carbons (Fsp3) is 0.143. The van der Waals surface area contributed by atoms with Gasteiger partial charge in [0.15, 0.2) is 0 Å². The number of hydrogen-bond acceptors (Lipinski definition) is 4. The molecule has 0 aliphatic rings. The number of aromatic nitrogens is 2. The Bertz CT molecular complexity index is 1170. The van der Waals surface area contributed by atoms with Crippen LogP contribution in [0.5, 0.6) is 5.75 Å². The summed E-state index contributed by atoms with van der Waals surface area (Å²) < 4.78 is 33.6. The van der Waals surface area contributed by atoms with Crippen molar-refractivity contribution in [2.75, 3.05) is 0 Å². The molecule has 4 aromatic rings. The van der Waals surface area contributed by atoms with Crippen LogP contribution >= 0.6 is 0 Å². The van der Waals surface area contributed by atoms with Crippen LogP contribution in [0.4, 0.5) is 13.2 Å². The van der Waals surface area contributed by atoms with Gasteiger partial charge >= 0.3 is 12.1 Å². The predicted molar refractivity (Wildman–Crippen MR) is 105 cm³/mol. The number of pyridine rings is 1. The first kappa shape index (κ1) is 21.1. The van der Waals surface area contributed by atoms with Crippen LogP contribution in [0.2, 0.25) is 0 Å². The Balaban J connectivity index is 0.000000318. The van der Waals surface area contributed by atoms with Crippen LogP contribution in [0, 0.1) is 0 Å². The van der Waals surface area contributed by atoms with Crippen molar-refractivity contribution in [2.45, 2.75) is 19.3 Å². The molecule has 0 radical (unpaired) electrons. The van der Waals surface area contributed by atoms with Gasteiger partial charge in [-0.2, -0.15) is 18.3 Å². The number of nitrogens with one attached hydrogen (secondary N) is 1. The molecule has 0 aliphatic heterocycles. The van der Waals surface area contributed by atoms with Gasteiger partial charge in [0.2, 0.25) is 0 Å². The number of phenolic OH excluding ortho intramolecular Hbond substituents is 1. The van der Waals surface area contributed by atoms with E-state index in [9.17, 15) is 18.3 Å². The second-order valence-corrected chi connectivity index (χ2v) is 6.51. The van der Waals surface area contributed by atoms with Crippen LogP contribution in [0.3, 0.4) is 0 Å². The molecule has 2 heterocycles. The summed E-state index contributed by atoms with van der Waals surface area (Å²) in [6, 6.07) is 18.0. The molecule has 0 saturated heterocycles. The first-order valence-corrected chi connectivity index (χ1v) is 8.87. The van der Waals surface area contributed by atoms with Crippen LogP contribution in [0.1, 0.15) is 11.1 Å². The molecular weight excluding hydrogens is 399 g/mol. The molecule has 0 atom stereocenters. The molecule has 0 bridgehead atoms. The molecule has 0 unspecified atom stereocenters. The second kappa shape index (κ2) is 8.83. The molecule has 6 nitrogen and oxygen atoms in total. The molecule has 4 rings (SSSR count). The molecular formula is C21H18F3N3O3. The smallest absolute Gasteiger partial charge is 0.490 e. The van der Waals surface area contributed by atoms with Gasteiger partial charge in [-0.25, -0.2) is 9.31 Å². The molecule has 0 spiro atoms. The molecule has 0 saturated carbocycles. The largest absolute Gasteiger partial charge is 0.508 e. The SMILES string of the molecule is O=C(O)C(F)(F)F.Oc1ccc2cc(CNCc3ccn4nccc4c3)ccc2c1. The van der Waals surface area contributed by atoms with Gasteiger partial charge in [0.25, 0.3) is 0 Å². The third-order valence-corrected chi connectivity index (χ3v) is 4.25. The second-order valence-electron chi connectivity index (χ2n) is 6.51. The quantitative estimate of drug-likeness (QED) is 0.465. The van der Waals surface area contributed by atoms with E-state index in [1.807, 2.05) is 28.9 Å². The first-order chi connectivity index (χ1) is 14.2. The highest BCUT2D eigenvalue weighted by molar-refractivity contribution is 5.84. The summed E-state index contributed by atoms with van der Waals surface area (Å²) in [6.45, 7) is 1.62. The van der Waals surface area contributed by atoms with Gasteiger partial charge in [-0.15, -0.1) is 0 Å². The normalized spacial score (nSPS) is 11.3. The number of benzene rings is 2. The summed E-state index contributed by atoms with van der Waals surface area (Å²) in [7, 11) is 0. The Hall–Kier alpha value is -3.59. The zero-order valence-electron chi connectivity index (χ0n) is 15.6. The minimum Gasteiger partial charge on any atom is -0.508 e. The van der Waals surface area contributed by atoms with Crippen molar-refractivity contribution in [1.29, 1.82) is 0 Å². The molecule has 3 N–H and O–H groups in total. The molecule has 2 aromatic heterocycles. The number of rotatable bonds is 4. The lowest BCUT2D eigenvalue weighted by Gasteiger charge is -2.07. The first-order valence-electron chi connectivity index (χ1n) is 8.87. The van der Waals surface area contributed by atoms with E-state index in [1.54, 1.807) is 18.3 Å². The Kier molecular flexibility index (Phi) is 6.22. The van der Waals surface area contributed by atoms with Crippen molar-refractivity contribution in [2.24, 2.45) is 0 Å². The van der Waals surface area contributed by atoms with Crippen LogP contribution in [0.25, 0.3) is 16.3 Å². The van der Waals surface area contributed by atoms with Crippen molar-refractivity contribution in [1.82, 2.24) is 14.9 Å². The Morgan fingerprint density at radius 3 is 2.30 bits per heavy atom. The summed E-state index contributed by atoms with van der Waals surface area (Å²) in [4.78, 5) is 8.90. The monoisotopic (exact) mass is 417 g/mol. The standard InChI is InChI=1S/C19H17N3O.C2HF3O2/c23-19-4-3-16-9-14(1-2-17(16)11-19)12-20-13-15-6-8-22-18(10-15)5-7-21-22;3-2(4,5)1(6)7/h1-11,20,23H,12-13H2;(H,6,7). The van der Waals surface area contributed by atoms with Gasteiger partial charge in [0.05, 0.1) is 5.52 Å². The third-order valence-electron chi connectivity index (χ3n) is 4.25. The van der Waals surface area contributed by atoms with Crippen molar-refractivity contribution in [3.8, 4) is 5.75 Å². The minimum atomic E-state index is -5.08. The molecule has 0 amide bonds. The summed E-state index contributed by atoms with van der Waals surface area (Å²) in [6.07, 6.45) is -1.30. The Labute approximate surface area is 169 Å². The minimum absolute atomic E-state index is 0.304. The van der Waals surface area contributed by atoms with Crippen LogP contribution < -0.4 is 5.32 Å². The molecule has 156 valence electrons. The molecule has 0 fully saturated rings. The lowest BCUT2D eigenvalue weighted by atomic mass is 10.1. The molecule has 0 aliphatic carbocycles. The number of carboxylic acid groups (broad SMARTS) is 1. The molecule has 2 aromatic carbocycles. The number of hydrogen-bond donors (Lipinski definition) is 3. The molecule has 30 heavy (non-hydrogen) atoms. The van der Waals surface area contributed by atoms with Crippen molar-refractivity contribution in [3.63, 3.8) is 0 Å². The van der Waals surface area contributed by atoms with Crippen molar-refractivity contribution in [3.05, 3.63) is 78.1 Å². The summed E-state index contributed by atoms with van der Waals surface area (Å²) in [5, 5.41) is 26.5. The molecule has 9 heteroatoms.